The van der Waals surface area contributed by atoms with Gasteiger partial charge >= 0.3 is 0 Å². The Labute approximate surface area is 136 Å². The summed E-state index contributed by atoms with van der Waals surface area (Å²) in [7, 11) is 0. The van der Waals surface area contributed by atoms with Crippen molar-refractivity contribution in [2.75, 3.05) is 11.9 Å². The molecular weight excluding hydrogens is 358 g/mol. The van der Waals surface area contributed by atoms with Gasteiger partial charge in [0, 0.05) is 6.54 Å². The Bertz CT molecular complexity index is 586. The first kappa shape index (κ1) is 15.7. The highest BCUT2D eigenvalue weighted by molar-refractivity contribution is 9.10. The molecule has 2 aromatic heterocycles. The van der Waals surface area contributed by atoms with Gasteiger partial charge in [0.1, 0.15) is 5.82 Å². The molecule has 0 atom stereocenters. The number of anilines is 1. The second-order valence-electron chi connectivity index (χ2n) is 4.44. The first-order valence-electron chi connectivity index (χ1n) is 6.71. The van der Waals surface area contributed by atoms with Crippen LogP contribution in [0.4, 0.5) is 5.82 Å². The van der Waals surface area contributed by atoms with Crippen molar-refractivity contribution in [3.05, 3.63) is 26.6 Å². The Morgan fingerprint density at radius 2 is 2.05 bits per heavy atom. The number of aryl methyl sites for hydroxylation is 1. The van der Waals surface area contributed by atoms with E-state index in [9.17, 15) is 0 Å². The van der Waals surface area contributed by atoms with Crippen molar-refractivity contribution in [1.82, 2.24) is 9.97 Å². The molecule has 1 N–H and O–H groups in total. The van der Waals surface area contributed by atoms with Crippen molar-refractivity contribution in [1.29, 1.82) is 0 Å². The quantitative estimate of drug-likeness (QED) is 0.736. The Morgan fingerprint density at radius 3 is 2.65 bits per heavy atom. The van der Waals surface area contributed by atoms with Gasteiger partial charge in [-0.05, 0) is 40.9 Å². The highest BCUT2D eigenvalue weighted by Crippen LogP contribution is 2.32. The van der Waals surface area contributed by atoms with E-state index in [2.05, 4.69) is 45.1 Å². The molecule has 0 saturated heterocycles. The molecule has 2 aromatic rings. The van der Waals surface area contributed by atoms with E-state index in [0.717, 1.165) is 56.8 Å². The Kier molecular flexibility index (Phi) is 5.81. The molecular formula is C14H17BrClN3S. The normalized spacial score (nSPS) is 10.8. The summed E-state index contributed by atoms with van der Waals surface area (Å²) in [6, 6.07) is 3.85. The molecule has 0 aliphatic heterocycles. The third-order valence-electron chi connectivity index (χ3n) is 2.74. The van der Waals surface area contributed by atoms with Crippen LogP contribution < -0.4 is 5.32 Å². The van der Waals surface area contributed by atoms with Crippen LogP contribution in [0.25, 0.3) is 10.7 Å². The average molecular weight is 375 g/mol. The van der Waals surface area contributed by atoms with E-state index in [1.165, 1.54) is 11.3 Å². The van der Waals surface area contributed by atoms with E-state index in [-0.39, 0.29) is 0 Å². The first-order chi connectivity index (χ1) is 9.65. The molecule has 2 rings (SSSR count). The molecule has 0 aliphatic rings. The van der Waals surface area contributed by atoms with Crippen molar-refractivity contribution in [2.24, 2.45) is 0 Å². The number of hydrogen-bond donors (Lipinski definition) is 1. The molecule has 20 heavy (non-hydrogen) atoms. The highest BCUT2D eigenvalue weighted by atomic mass is 79.9. The molecule has 0 aliphatic carbocycles. The van der Waals surface area contributed by atoms with Gasteiger partial charge in [-0.2, -0.15) is 0 Å². The van der Waals surface area contributed by atoms with Gasteiger partial charge in [0.2, 0.25) is 0 Å². The van der Waals surface area contributed by atoms with E-state index in [1.54, 1.807) is 0 Å². The molecule has 0 radical (unpaired) electrons. The predicted octanol–water partition coefficient (Wildman–Crippen LogP) is 5.40. The maximum absolute atomic E-state index is 6.00. The number of hydrogen-bond acceptors (Lipinski definition) is 4. The van der Waals surface area contributed by atoms with Crippen molar-refractivity contribution >= 4 is 44.7 Å². The SMILES string of the molecule is CCCNc1nc(-c2ccc(Cl)s2)nc(CCC)c1Br. The van der Waals surface area contributed by atoms with Crippen molar-refractivity contribution in [3.8, 4) is 10.7 Å². The fourth-order valence-corrected chi connectivity index (χ4v) is 3.29. The minimum Gasteiger partial charge on any atom is -0.369 e. The molecule has 0 spiro atoms. The minimum atomic E-state index is 0.743. The molecule has 0 aromatic carbocycles. The van der Waals surface area contributed by atoms with Crippen LogP contribution in [-0.4, -0.2) is 16.5 Å². The second-order valence-corrected chi connectivity index (χ2v) is 6.95. The van der Waals surface area contributed by atoms with Gasteiger partial charge < -0.3 is 5.32 Å². The predicted molar refractivity (Wildman–Crippen MR) is 90.8 cm³/mol. The highest BCUT2D eigenvalue weighted by Gasteiger charge is 2.14. The largest absolute Gasteiger partial charge is 0.369 e. The van der Waals surface area contributed by atoms with Crippen LogP contribution in [0.1, 0.15) is 32.4 Å². The lowest BCUT2D eigenvalue weighted by Crippen LogP contribution is -2.07. The standard InChI is InChI=1S/C14H17BrClN3S/c1-3-5-9-12(15)14(17-8-4-2)19-13(18-9)10-6-7-11(16)20-10/h6-7H,3-5,8H2,1-2H3,(H,17,18,19). The zero-order valence-corrected chi connectivity index (χ0v) is 14.7. The summed E-state index contributed by atoms with van der Waals surface area (Å²) < 4.78 is 1.73. The smallest absolute Gasteiger partial charge is 0.171 e. The minimum absolute atomic E-state index is 0.743. The van der Waals surface area contributed by atoms with Crippen molar-refractivity contribution in [3.63, 3.8) is 0 Å². The lowest BCUT2D eigenvalue weighted by Gasteiger charge is -2.11. The second kappa shape index (κ2) is 7.38. The van der Waals surface area contributed by atoms with Gasteiger partial charge in [-0.25, -0.2) is 9.97 Å². The molecule has 3 nitrogen and oxygen atoms in total. The van der Waals surface area contributed by atoms with Crippen molar-refractivity contribution < 1.29 is 0 Å². The summed E-state index contributed by atoms with van der Waals surface area (Å²) in [6.45, 7) is 5.18. The molecule has 0 unspecified atom stereocenters. The van der Waals surface area contributed by atoms with Crippen LogP contribution >= 0.6 is 38.9 Å². The van der Waals surface area contributed by atoms with Gasteiger partial charge in [0.25, 0.3) is 0 Å². The number of nitrogens with zero attached hydrogens (tertiary/aromatic N) is 2. The van der Waals surface area contributed by atoms with Crippen LogP contribution in [0.2, 0.25) is 4.34 Å². The lowest BCUT2D eigenvalue weighted by atomic mass is 10.2. The summed E-state index contributed by atoms with van der Waals surface area (Å²) >= 11 is 11.1. The van der Waals surface area contributed by atoms with Gasteiger partial charge in [-0.3, -0.25) is 0 Å². The molecule has 0 bridgehead atoms. The number of aromatic nitrogens is 2. The topological polar surface area (TPSA) is 37.8 Å². The van der Waals surface area contributed by atoms with Gasteiger partial charge in [-0.15, -0.1) is 11.3 Å². The molecule has 6 heteroatoms. The van der Waals surface area contributed by atoms with E-state index >= 15 is 0 Å². The summed E-state index contributed by atoms with van der Waals surface area (Å²) in [6.07, 6.45) is 3.03. The molecule has 0 fully saturated rings. The van der Waals surface area contributed by atoms with E-state index in [0.29, 0.717) is 0 Å². The summed E-state index contributed by atoms with van der Waals surface area (Å²) in [4.78, 5) is 10.3. The van der Waals surface area contributed by atoms with Crippen molar-refractivity contribution in [2.45, 2.75) is 33.1 Å². The summed E-state index contributed by atoms with van der Waals surface area (Å²) in [5.74, 6) is 1.61. The maximum atomic E-state index is 6.00. The van der Waals surface area contributed by atoms with Crippen LogP contribution in [0.5, 0.6) is 0 Å². The maximum Gasteiger partial charge on any atom is 0.171 e. The molecule has 0 saturated carbocycles. The first-order valence-corrected chi connectivity index (χ1v) is 8.70. The van der Waals surface area contributed by atoms with Crippen LogP contribution in [0.3, 0.4) is 0 Å². The molecule has 0 amide bonds. The third kappa shape index (κ3) is 3.71. The van der Waals surface area contributed by atoms with Gasteiger partial charge in [0.05, 0.1) is 19.4 Å². The third-order valence-corrected chi connectivity index (χ3v) is 4.80. The zero-order valence-electron chi connectivity index (χ0n) is 11.5. The fraction of sp³-hybridized carbons (Fsp3) is 0.429. The van der Waals surface area contributed by atoms with E-state index in [1.807, 2.05) is 12.1 Å². The number of thiophene rings is 1. The molecule has 108 valence electrons. The van der Waals surface area contributed by atoms with E-state index < -0.39 is 0 Å². The van der Waals surface area contributed by atoms with Crippen LogP contribution in [-0.2, 0) is 6.42 Å². The van der Waals surface area contributed by atoms with Gasteiger partial charge in [-0.1, -0.05) is 31.9 Å². The summed E-state index contributed by atoms with van der Waals surface area (Å²) in [5.41, 5.74) is 1.04. The Hall–Kier alpha value is -0.650. The fourth-order valence-electron chi connectivity index (χ4n) is 1.80. The number of rotatable bonds is 6. The summed E-state index contributed by atoms with van der Waals surface area (Å²) in [5, 5.41) is 3.35. The number of halogens is 2. The number of nitrogens with one attached hydrogen (secondary N) is 1. The Morgan fingerprint density at radius 1 is 1.25 bits per heavy atom. The van der Waals surface area contributed by atoms with Crippen LogP contribution in [0.15, 0.2) is 16.6 Å². The van der Waals surface area contributed by atoms with Crippen LogP contribution in [0, 0.1) is 0 Å². The zero-order chi connectivity index (χ0) is 14.5. The lowest BCUT2D eigenvalue weighted by molar-refractivity contribution is 0.865. The monoisotopic (exact) mass is 373 g/mol. The van der Waals surface area contributed by atoms with E-state index in [4.69, 9.17) is 11.6 Å². The molecule has 2 heterocycles. The van der Waals surface area contributed by atoms with Gasteiger partial charge in [0.15, 0.2) is 5.82 Å². The Balaban J connectivity index is 2.43. The average Bonchev–Trinajstić information content (AvgIpc) is 2.86.